The van der Waals surface area contributed by atoms with Crippen LogP contribution in [0.1, 0.15) is 21.7 Å². The number of nitrogens with one attached hydrogen (secondary N) is 1. The zero-order valence-electron chi connectivity index (χ0n) is 18.4. The zero-order valence-corrected chi connectivity index (χ0v) is 18.4. The minimum atomic E-state index is -0.336. The quantitative estimate of drug-likeness (QED) is 0.407. The van der Waals surface area contributed by atoms with E-state index >= 15 is 0 Å². The summed E-state index contributed by atoms with van der Waals surface area (Å²) in [7, 11) is 4.77. The van der Waals surface area contributed by atoms with Crippen molar-refractivity contribution in [3.8, 4) is 17.2 Å². The van der Waals surface area contributed by atoms with E-state index in [0.29, 0.717) is 28.6 Å². The summed E-state index contributed by atoms with van der Waals surface area (Å²) < 4.78 is 17.8. The number of amides is 1. The van der Waals surface area contributed by atoms with Crippen LogP contribution in [-0.2, 0) is 11.8 Å². The van der Waals surface area contributed by atoms with Gasteiger partial charge in [-0.1, -0.05) is 24.3 Å². The Morgan fingerprint density at radius 2 is 1.78 bits per heavy atom. The number of ether oxygens (including phenoxy) is 3. The molecule has 1 N–H and O–H groups in total. The molecule has 8 heteroatoms. The van der Waals surface area contributed by atoms with Gasteiger partial charge in [0.05, 0.1) is 25.6 Å². The first kappa shape index (κ1) is 22.6. The predicted molar refractivity (Wildman–Crippen MR) is 121 cm³/mol. The number of allylic oxidation sites excluding steroid dienone is 1. The number of hydrogen-bond donors (Lipinski definition) is 1. The number of nitrogens with zero attached hydrogens (tertiary/aromatic N) is 2. The maximum atomic E-state index is 12.4. The molecule has 0 saturated carbocycles. The van der Waals surface area contributed by atoms with Gasteiger partial charge in [0, 0.05) is 7.05 Å². The highest BCUT2D eigenvalue weighted by molar-refractivity contribution is 6.05. The number of aromatic nitrogens is 2. The molecule has 8 nitrogen and oxygen atoms in total. The van der Waals surface area contributed by atoms with Gasteiger partial charge in [-0.25, -0.2) is 0 Å². The summed E-state index contributed by atoms with van der Waals surface area (Å²) in [6.07, 6.45) is 3.16. The fourth-order valence-electron chi connectivity index (χ4n) is 3.08. The van der Waals surface area contributed by atoms with Gasteiger partial charge in [0.25, 0.3) is 5.91 Å². The van der Waals surface area contributed by atoms with Crippen LogP contribution in [0.3, 0.4) is 0 Å². The SMILES string of the molecule is COc1ccccc1NC(=O)COc1ccc(/C=C/C(=O)c2cc(C)nn2C)cc1OC. The molecule has 3 aromatic rings. The summed E-state index contributed by atoms with van der Waals surface area (Å²) in [5.41, 5.74) is 2.60. The lowest BCUT2D eigenvalue weighted by Crippen LogP contribution is -2.20. The summed E-state index contributed by atoms with van der Waals surface area (Å²) in [5.74, 6) is 0.929. The highest BCUT2D eigenvalue weighted by Gasteiger charge is 2.12. The van der Waals surface area contributed by atoms with Crippen LogP contribution in [0.5, 0.6) is 17.2 Å². The zero-order chi connectivity index (χ0) is 23.1. The summed E-state index contributed by atoms with van der Waals surface area (Å²) >= 11 is 0. The molecule has 32 heavy (non-hydrogen) atoms. The highest BCUT2D eigenvalue weighted by atomic mass is 16.5. The number of hydrogen-bond acceptors (Lipinski definition) is 6. The Kier molecular flexibility index (Phi) is 7.28. The number of carbonyl (C=O) groups excluding carboxylic acids is 2. The minimum absolute atomic E-state index is 0.152. The van der Waals surface area contributed by atoms with Gasteiger partial charge < -0.3 is 19.5 Å². The van der Waals surface area contributed by atoms with Gasteiger partial charge >= 0.3 is 0 Å². The molecule has 166 valence electrons. The lowest BCUT2D eigenvalue weighted by molar-refractivity contribution is -0.118. The third kappa shape index (κ3) is 5.54. The van der Waals surface area contributed by atoms with Crippen molar-refractivity contribution >= 4 is 23.5 Å². The van der Waals surface area contributed by atoms with Gasteiger partial charge in [-0.3, -0.25) is 14.3 Å². The number of benzene rings is 2. The van der Waals surface area contributed by atoms with Crippen molar-refractivity contribution in [3.05, 3.63) is 71.6 Å². The normalized spacial score (nSPS) is 10.8. The van der Waals surface area contributed by atoms with Crippen LogP contribution < -0.4 is 19.5 Å². The van der Waals surface area contributed by atoms with E-state index in [1.165, 1.54) is 20.3 Å². The Morgan fingerprint density at radius 3 is 2.47 bits per heavy atom. The van der Waals surface area contributed by atoms with Crippen molar-refractivity contribution in [1.82, 2.24) is 9.78 Å². The van der Waals surface area contributed by atoms with Gasteiger partial charge in [-0.15, -0.1) is 0 Å². The predicted octanol–water partition coefficient (Wildman–Crippen LogP) is 3.66. The second-order valence-electron chi connectivity index (χ2n) is 6.94. The van der Waals surface area contributed by atoms with Crippen LogP contribution in [0.2, 0.25) is 0 Å². The Bertz CT molecular complexity index is 1150. The van der Waals surface area contributed by atoms with Gasteiger partial charge in [-0.05, 0) is 48.9 Å². The van der Waals surface area contributed by atoms with Crippen LogP contribution in [0.4, 0.5) is 5.69 Å². The van der Waals surface area contributed by atoms with E-state index in [-0.39, 0.29) is 18.3 Å². The molecule has 0 saturated heterocycles. The largest absolute Gasteiger partial charge is 0.495 e. The molecule has 0 spiro atoms. The van der Waals surface area contributed by atoms with E-state index in [2.05, 4.69) is 10.4 Å². The molecule has 0 aliphatic carbocycles. The first-order valence-electron chi connectivity index (χ1n) is 9.88. The number of ketones is 1. The van der Waals surface area contributed by atoms with Crippen molar-refractivity contribution in [3.63, 3.8) is 0 Å². The molecular weight excluding hydrogens is 410 g/mol. The van der Waals surface area contributed by atoms with Gasteiger partial charge in [0.1, 0.15) is 11.4 Å². The molecular formula is C24H25N3O5. The van der Waals surface area contributed by atoms with Gasteiger partial charge in [-0.2, -0.15) is 5.10 Å². The van der Waals surface area contributed by atoms with E-state index in [1.807, 2.05) is 13.0 Å². The van der Waals surface area contributed by atoms with Crippen LogP contribution in [0.25, 0.3) is 6.08 Å². The monoisotopic (exact) mass is 435 g/mol. The lowest BCUT2D eigenvalue weighted by Gasteiger charge is -2.13. The van der Waals surface area contributed by atoms with E-state index in [4.69, 9.17) is 14.2 Å². The highest BCUT2D eigenvalue weighted by Crippen LogP contribution is 2.29. The molecule has 0 fully saturated rings. The number of aryl methyl sites for hydroxylation is 2. The van der Waals surface area contributed by atoms with Crippen molar-refractivity contribution < 1.29 is 23.8 Å². The van der Waals surface area contributed by atoms with Crippen molar-refractivity contribution in [2.45, 2.75) is 6.92 Å². The second kappa shape index (κ2) is 10.3. The van der Waals surface area contributed by atoms with E-state index in [1.54, 1.807) is 60.3 Å². The smallest absolute Gasteiger partial charge is 0.262 e. The fraction of sp³-hybridized carbons (Fsp3) is 0.208. The average molecular weight is 435 g/mol. The summed E-state index contributed by atoms with van der Waals surface area (Å²) in [6.45, 7) is 1.63. The molecule has 0 unspecified atom stereocenters. The molecule has 0 atom stereocenters. The average Bonchev–Trinajstić information content (AvgIpc) is 3.14. The van der Waals surface area contributed by atoms with Crippen molar-refractivity contribution in [1.29, 1.82) is 0 Å². The molecule has 1 aromatic heterocycles. The Balaban J connectivity index is 1.64. The number of rotatable bonds is 9. The van der Waals surface area contributed by atoms with Crippen LogP contribution in [-0.4, -0.2) is 42.3 Å². The van der Waals surface area contributed by atoms with E-state index < -0.39 is 0 Å². The number of para-hydroxylation sites is 2. The third-order valence-corrected chi connectivity index (χ3v) is 4.61. The first-order chi connectivity index (χ1) is 15.4. The van der Waals surface area contributed by atoms with Crippen LogP contribution in [0, 0.1) is 6.92 Å². The van der Waals surface area contributed by atoms with Crippen molar-refractivity contribution in [2.75, 3.05) is 26.1 Å². The third-order valence-electron chi connectivity index (χ3n) is 4.61. The Hall–Kier alpha value is -4.07. The standard InChI is InChI=1S/C24H25N3O5/c1-16-13-19(27(2)26-16)20(28)11-9-17-10-12-22(23(14-17)31-4)32-15-24(29)25-18-7-5-6-8-21(18)30-3/h5-14H,15H2,1-4H3,(H,25,29)/b11-9+. The molecule has 0 aliphatic heterocycles. The summed E-state index contributed by atoms with van der Waals surface area (Å²) in [6, 6.07) is 14.0. The molecule has 2 aromatic carbocycles. The second-order valence-corrected chi connectivity index (χ2v) is 6.94. The molecule has 1 heterocycles. The topological polar surface area (TPSA) is 91.7 Å². The van der Waals surface area contributed by atoms with Crippen molar-refractivity contribution in [2.24, 2.45) is 7.05 Å². The first-order valence-corrected chi connectivity index (χ1v) is 9.88. The molecule has 1 amide bonds. The molecule has 0 aliphatic rings. The van der Waals surface area contributed by atoms with Gasteiger partial charge in [0.15, 0.2) is 18.1 Å². The molecule has 0 radical (unpaired) electrons. The maximum absolute atomic E-state index is 12.4. The van der Waals surface area contributed by atoms with Crippen LogP contribution in [0.15, 0.2) is 54.6 Å². The van der Waals surface area contributed by atoms with E-state index in [0.717, 1.165) is 11.3 Å². The molecule has 3 rings (SSSR count). The number of methoxy groups -OCH3 is 2. The summed E-state index contributed by atoms with van der Waals surface area (Å²) in [5, 5.41) is 6.93. The number of anilines is 1. The minimum Gasteiger partial charge on any atom is -0.495 e. The molecule has 0 bridgehead atoms. The van der Waals surface area contributed by atoms with Gasteiger partial charge in [0.2, 0.25) is 5.78 Å². The van der Waals surface area contributed by atoms with E-state index in [9.17, 15) is 9.59 Å². The Labute approximate surface area is 186 Å². The Morgan fingerprint density at radius 1 is 1.03 bits per heavy atom. The maximum Gasteiger partial charge on any atom is 0.262 e. The summed E-state index contributed by atoms with van der Waals surface area (Å²) in [4.78, 5) is 24.7. The fourth-order valence-corrected chi connectivity index (χ4v) is 3.08. The lowest BCUT2D eigenvalue weighted by atomic mass is 10.1. The van der Waals surface area contributed by atoms with Crippen LogP contribution >= 0.6 is 0 Å². The number of carbonyl (C=O) groups is 2.